The Morgan fingerprint density at radius 3 is 2.19 bits per heavy atom. The van der Waals surface area contributed by atoms with Crippen LogP contribution in [-0.2, 0) is 9.59 Å². The molecule has 2 heterocycles. The number of carbonyl (C=O) groups excluding carboxylic acids is 2. The number of methoxy groups -OCH3 is 1. The minimum atomic E-state index is -0.860. The fourth-order valence-electron chi connectivity index (χ4n) is 3.74. The molecule has 0 spiro atoms. The summed E-state index contributed by atoms with van der Waals surface area (Å²) in [7, 11) is 1.54. The standard InChI is InChI=1S/C25H23N3O4/c1-15(2)16-5-7-17(8-6-16)21-20(22(29)18-9-11-19(32-3)12-10-18)23(30)24(31)28(21)25-26-13-4-14-27-25/h4-15,21,29H,1-3H3/b22-20-. The molecular weight excluding hydrogens is 406 g/mol. The van der Waals surface area contributed by atoms with Gasteiger partial charge in [-0.05, 0) is 47.4 Å². The lowest BCUT2D eigenvalue weighted by Crippen LogP contribution is -2.31. The van der Waals surface area contributed by atoms with Crippen LogP contribution in [0.5, 0.6) is 5.75 Å². The molecule has 1 N–H and O–H groups in total. The van der Waals surface area contributed by atoms with Crippen molar-refractivity contribution in [2.24, 2.45) is 0 Å². The van der Waals surface area contributed by atoms with E-state index in [2.05, 4.69) is 23.8 Å². The van der Waals surface area contributed by atoms with Gasteiger partial charge in [0, 0.05) is 18.0 Å². The average molecular weight is 429 g/mol. The molecule has 1 amide bonds. The maximum absolute atomic E-state index is 13.1. The van der Waals surface area contributed by atoms with Crippen LogP contribution in [0.15, 0.2) is 72.6 Å². The number of nitrogens with zero attached hydrogens (tertiary/aromatic N) is 3. The summed E-state index contributed by atoms with van der Waals surface area (Å²) in [4.78, 5) is 35.7. The molecular formula is C25H23N3O4. The van der Waals surface area contributed by atoms with Crippen molar-refractivity contribution in [3.63, 3.8) is 0 Å². The van der Waals surface area contributed by atoms with Crippen molar-refractivity contribution in [1.82, 2.24) is 9.97 Å². The molecule has 7 nitrogen and oxygen atoms in total. The number of ketones is 1. The van der Waals surface area contributed by atoms with Crippen molar-refractivity contribution in [2.75, 3.05) is 12.0 Å². The lowest BCUT2D eigenvalue weighted by Gasteiger charge is -2.23. The highest BCUT2D eigenvalue weighted by atomic mass is 16.5. The number of aliphatic hydroxyl groups excluding tert-OH is 1. The summed E-state index contributed by atoms with van der Waals surface area (Å²) < 4.78 is 5.16. The highest BCUT2D eigenvalue weighted by Gasteiger charge is 2.48. The van der Waals surface area contributed by atoms with Gasteiger partial charge in [-0.2, -0.15) is 0 Å². The molecule has 4 rings (SSSR count). The molecule has 2 aromatic carbocycles. The lowest BCUT2D eigenvalue weighted by molar-refractivity contribution is -0.132. The Morgan fingerprint density at radius 2 is 1.62 bits per heavy atom. The third kappa shape index (κ3) is 3.73. The van der Waals surface area contributed by atoms with E-state index in [-0.39, 0.29) is 17.3 Å². The van der Waals surface area contributed by atoms with Gasteiger partial charge in [0.25, 0.3) is 5.78 Å². The molecule has 32 heavy (non-hydrogen) atoms. The van der Waals surface area contributed by atoms with E-state index < -0.39 is 17.7 Å². The van der Waals surface area contributed by atoms with Gasteiger partial charge in [-0.3, -0.25) is 14.5 Å². The Bertz CT molecular complexity index is 1170. The predicted molar refractivity (Wildman–Crippen MR) is 120 cm³/mol. The largest absolute Gasteiger partial charge is 0.507 e. The van der Waals surface area contributed by atoms with Gasteiger partial charge >= 0.3 is 5.91 Å². The number of aliphatic hydroxyl groups is 1. The van der Waals surface area contributed by atoms with Crippen LogP contribution in [0.4, 0.5) is 5.95 Å². The number of Topliss-reactive ketones (excluding diaryl/α,β-unsaturated/α-hetero) is 1. The quantitative estimate of drug-likeness (QED) is 0.371. The SMILES string of the molecule is COc1ccc(/C(O)=C2/C(=O)C(=O)N(c3ncccn3)C2c2ccc(C(C)C)cc2)cc1. The second-order valence-corrected chi connectivity index (χ2v) is 7.77. The van der Waals surface area contributed by atoms with Crippen LogP contribution in [0.3, 0.4) is 0 Å². The fraction of sp³-hybridized carbons (Fsp3) is 0.200. The van der Waals surface area contributed by atoms with Crippen LogP contribution in [0.25, 0.3) is 5.76 Å². The Hall–Kier alpha value is -4.00. The van der Waals surface area contributed by atoms with Crippen molar-refractivity contribution in [1.29, 1.82) is 0 Å². The maximum Gasteiger partial charge on any atom is 0.302 e. The Balaban J connectivity index is 1.89. The fourth-order valence-corrected chi connectivity index (χ4v) is 3.74. The van der Waals surface area contributed by atoms with Gasteiger partial charge in [0.05, 0.1) is 18.7 Å². The van der Waals surface area contributed by atoms with Crippen LogP contribution < -0.4 is 9.64 Å². The summed E-state index contributed by atoms with van der Waals surface area (Å²) in [6.45, 7) is 4.17. The number of ether oxygens (including phenoxy) is 1. The van der Waals surface area contributed by atoms with Crippen molar-refractivity contribution in [3.05, 3.63) is 89.3 Å². The number of hydrogen-bond donors (Lipinski definition) is 1. The van der Waals surface area contributed by atoms with Crippen molar-refractivity contribution in [2.45, 2.75) is 25.8 Å². The van der Waals surface area contributed by atoms with Crippen LogP contribution in [-0.4, -0.2) is 33.9 Å². The number of carbonyl (C=O) groups is 2. The highest BCUT2D eigenvalue weighted by Crippen LogP contribution is 2.41. The van der Waals surface area contributed by atoms with Crippen molar-refractivity contribution < 1.29 is 19.4 Å². The van der Waals surface area contributed by atoms with Crippen LogP contribution in [0.2, 0.25) is 0 Å². The number of benzene rings is 2. The number of amides is 1. The van der Waals surface area contributed by atoms with E-state index in [1.54, 1.807) is 37.4 Å². The van der Waals surface area contributed by atoms with Gasteiger partial charge in [0.1, 0.15) is 11.5 Å². The normalized spacial score (nSPS) is 17.8. The van der Waals surface area contributed by atoms with E-state index in [9.17, 15) is 14.7 Å². The Kier molecular flexibility index (Phi) is 5.73. The van der Waals surface area contributed by atoms with Gasteiger partial charge in [0.2, 0.25) is 5.95 Å². The molecule has 0 saturated carbocycles. The number of anilines is 1. The van der Waals surface area contributed by atoms with E-state index >= 15 is 0 Å². The smallest absolute Gasteiger partial charge is 0.302 e. The summed E-state index contributed by atoms with van der Waals surface area (Å²) in [6.07, 6.45) is 3.01. The first-order valence-electron chi connectivity index (χ1n) is 10.2. The summed E-state index contributed by atoms with van der Waals surface area (Å²) in [6, 6.07) is 15.0. The molecule has 7 heteroatoms. The minimum absolute atomic E-state index is 0.00934. The molecule has 1 saturated heterocycles. The molecule has 3 aromatic rings. The zero-order valence-electron chi connectivity index (χ0n) is 18.0. The predicted octanol–water partition coefficient (Wildman–Crippen LogP) is 4.23. The monoisotopic (exact) mass is 429 g/mol. The van der Waals surface area contributed by atoms with Gasteiger partial charge in [-0.1, -0.05) is 38.1 Å². The summed E-state index contributed by atoms with van der Waals surface area (Å²) in [5.74, 6) is -0.802. The van der Waals surface area contributed by atoms with Gasteiger partial charge < -0.3 is 9.84 Å². The zero-order chi connectivity index (χ0) is 22.8. The average Bonchev–Trinajstić information content (AvgIpc) is 3.09. The Labute approximate surface area is 186 Å². The molecule has 0 bridgehead atoms. The summed E-state index contributed by atoms with van der Waals surface area (Å²) >= 11 is 0. The number of rotatable bonds is 5. The third-order valence-corrected chi connectivity index (χ3v) is 5.49. The van der Waals surface area contributed by atoms with Gasteiger partial charge in [0.15, 0.2) is 0 Å². The molecule has 162 valence electrons. The second kappa shape index (κ2) is 8.63. The molecule has 1 fully saturated rings. The van der Waals surface area contributed by atoms with Crippen molar-refractivity contribution in [3.8, 4) is 5.75 Å². The third-order valence-electron chi connectivity index (χ3n) is 5.49. The first-order valence-corrected chi connectivity index (χ1v) is 10.2. The lowest BCUT2D eigenvalue weighted by atomic mass is 9.93. The highest BCUT2D eigenvalue weighted by molar-refractivity contribution is 6.51. The molecule has 1 unspecified atom stereocenters. The van der Waals surface area contributed by atoms with Gasteiger partial charge in [-0.25, -0.2) is 9.97 Å². The van der Waals surface area contributed by atoms with E-state index in [0.717, 1.165) is 5.56 Å². The van der Waals surface area contributed by atoms with Crippen LogP contribution in [0.1, 0.15) is 42.5 Å². The number of aromatic nitrogens is 2. The minimum Gasteiger partial charge on any atom is -0.507 e. The van der Waals surface area contributed by atoms with Crippen LogP contribution in [0, 0.1) is 0 Å². The molecule has 1 atom stereocenters. The molecule has 0 aliphatic carbocycles. The first-order chi connectivity index (χ1) is 15.4. The van der Waals surface area contributed by atoms with E-state index in [0.29, 0.717) is 22.8 Å². The van der Waals surface area contributed by atoms with Crippen LogP contribution >= 0.6 is 0 Å². The molecule has 1 aliphatic rings. The summed E-state index contributed by atoms with van der Waals surface area (Å²) in [5, 5.41) is 11.1. The molecule has 1 aromatic heterocycles. The molecule has 1 aliphatic heterocycles. The van der Waals surface area contributed by atoms with Gasteiger partial charge in [-0.15, -0.1) is 0 Å². The van der Waals surface area contributed by atoms with E-state index in [4.69, 9.17) is 4.74 Å². The maximum atomic E-state index is 13.1. The van der Waals surface area contributed by atoms with E-state index in [1.165, 1.54) is 17.3 Å². The molecule has 0 radical (unpaired) electrons. The second-order valence-electron chi connectivity index (χ2n) is 7.77. The topological polar surface area (TPSA) is 92.6 Å². The van der Waals surface area contributed by atoms with Crippen molar-refractivity contribution >= 4 is 23.4 Å². The Morgan fingerprint density at radius 1 is 1.00 bits per heavy atom. The summed E-state index contributed by atoms with van der Waals surface area (Å²) in [5.41, 5.74) is 2.19. The number of hydrogen-bond acceptors (Lipinski definition) is 6. The van der Waals surface area contributed by atoms with E-state index in [1.807, 2.05) is 24.3 Å². The first kappa shape index (κ1) is 21.2. The zero-order valence-corrected chi connectivity index (χ0v) is 18.0.